The smallest absolute Gasteiger partial charge is 0.0753 e. The van der Waals surface area contributed by atoms with Crippen molar-refractivity contribution >= 4 is 0 Å². The molecule has 1 aromatic heterocycles. The highest BCUT2D eigenvalue weighted by Gasteiger charge is 2.21. The van der Waals surface area contributed by atoms with E-state index in [1.54, 1.807) is 0 Å². The van der Waals surface area contributed by atoms with Crippen LogP contribution in [0, 0.1) is 0 Å². The van der Waals surface area contributed by atoms with Crippen molar-refractivity contribution in [1.29, 1.82) is 0 Å². The minimum Gasteiger partial charge on any atom is -0.302 e. The highest BCUT2D eigenvalue weighted by molar-refractivity contribution is 5.27. The van der Waals surface area contributed by atoms with E-state index in [4.69, 9.17) is 0 Å². The van der Waals surface area contributed by atoms with E-state index in [1.807, 2.05) is 12.3 Å². The van der Waals surface area contributed by atoms with Crippen molar-refractivity contribution in [2.24, 2.45) is 0 Å². The minimum atomic E-state index is 0.209. The fraction of sp³-hybridized carbons (Fsp3) is 0.389. The lowest BCUT2D eigenvalue weighted by Gasteiger charge is -2.28. The maximum absolute atomic E-state index is 4.56. The maximum atomic E-state index is 4.56. The molecule has 1 heterocycles. The van der Waals surface area contributed by atoms with Crippen molar-refractivity contribution in [2.75, 3.05) is 0 Å². The Morgan fingerprint density at radius 3 is 2.35 bits per heavy atom. The summed E-state index contributed by atoms with van der Waals surface area (Å²) in [6.07, 6.45) is 8.54. The van der Waals surface area contributed by atoms with Gasteiger partial charge in [0.2, 0.25) is 0 Å². The van der Waals surface area contributed by atoms with Crippen LogP contribution >= 0.6 is 0 Å². The third kappa shape index (κ3) is 3.26. The van der Waals surface area contributed by atoms with Gasteiger partial charge in [-0.25, -0.2) is 0 Å². The van der Waals surface area contributed by atoms with E-state index in [-0.39, 0.29) is 6.04 Å². The third-order valence-electron chi connectivity index (χ3n) is 4.12. The van der Waals surface area contributed by atoms with Crippen LogP contribution in [-0.2, 0) is 0 Å². The average molecular weight is 266 g/mol. The van der Waals surface area contributed by atoms with E-state index >= 15 is 0 Å². The Morgan fingerprint density at radius 1 is 0.900 bits per heavy atom. The van der Waals surface area contributed by atoms with Crippen molar-refractivity contribution in [1.82, 2.24) is 10.3 Å². The Morgan fingerprint density at radius 2 is 1.65 bits per heavy atom. The number of benzene rings is 1. The molecule has 1 unspecified atom stereocenters. The molecule has 0 saturated heterocycles. The predicted molar refractivity (Wildman–Crippen MR) is 82.5 cm³/mol. The number of hydrogen-bond donors (Lipinski definition) is 1. The predicted octanol–water partition coefficient (Wildman–Crippen LogP) is 4.09. The maximum Gasteiger partial charge on any atom is 0.0753 e. The zero-order valence-corrected chi connectivity index (χ0v) is 11.8. The zero-order valence-electron chi connectivity index (χ0n) is 11.8. The molecule has 3 rings (SSSR count). The van der Waals surface area contributed by atoms with Crippen molar-refractivity contribution in [3.8, 4) is 0 Å². The second-order valence-corrected chi connectivity index (χ2v) is 5.60. The highest BCUT2D eigenvalue weighted by Crippen LogP contribution is 2.25. The lowest BCUT2D eigenvalue weighted by atomic mass is 9.93. The number of aromatic nitrogens is 1. The summed E-state index contributed by atoms with van der Waals surface area (Å²) in [4.78, 5) is 4.56. The van der Waals surface area contributed by atoms with Crippen LogP contribution in [0.5, 0.6) is 0 Å². The molecule has 2 nitrogen and oxygen atoms in total. The molecule has 20 heavy (non-hydrogen) atoms. The summed E-state index contributed by atoms with van der Waals surface area (Å²) in [6, 6.07) is 17.7. The Labute approximate surface area is 121 Å². The van der Waals surface area contributed by atoms with Gasteiger partial charge in [0, 0.05) is 12.2 Å². The molecular weight excluding hydrogens is 244 g/mol. The van der Waals surface area contributed by atoms with Crippen LogP contribution in [0.1, 0.15) is 49.4 Å². The average Bonchev–Trinajstić information content (AvgIpc) is 2.55. The van der Waals surface area contributed by atoms with Gasteiger partial charge in [-0.05, 0) is 30.5 Å². The Bertz CT molecular complexity index is 464. The third-order valence-corrected chi connectivity index (χ3v) is 4.12. The number of nitrogens with zero attached hydrogens (tertiary/aromatic N) is 1. The second kappa shape index (κ2) is 6.67. The van der Waals surface area contributed by atoms with Crippen LogP contribution in [0.4, 0.5) is 0 Å². The molecule has 0 bridgehead atoms. The number of nitrogens with one attached hydrogen (secondary N) is 1. The topological polar surface area (TPSA) is 24.9 Å². The lowest BCUT2D eigenvalue weighted by molar-refractivity contribution is 0.352. The van der Waals surface area contributed by atoms with Crippen LogP contribution in [0.25, 0.3) is 0 Å². The van der Waals surface area contributed by atoms with E-state index in [0.29, 0.717) is 6.04 Å². The summed E-state index contributed by atoms with van der Waals surface area (Å²) >= 11 is 0. The van der Waals surface area contributed by atoms with Gasteiger partial charge < -0.3 is 5.32 Å². The summed E-state index contributed by atoms with van der Waals surface area (Å²) in [7, 11) is 0. The monoisotopic (exact) mass is 266 g/mol. The molecule has 1 aliphatic carbocycles. The standard InChI is InChI=1S/C18H22N2/c1-3-9-15(10-4-1)18(17-13-7-8-14-19-17)20-16-11-5-2-6-12-16/h1,3-4,7-10,13-14,16,18,20H,2,5-6,11-12H2. The SMILES string of the molecule is c1ccc(C(NC2CCCCC2)c2ccccn2)cc1. The van der Waals surface area contributed by atoms with Gasteiger partial charge in [0.05, 0.1) is 11.7 Å². The van der Waals surface area contributed by atoms with E-state index in [1.165, 1.54) is 37.7 Å². The quantitative estimate of drug-likeness (QED) is 0.901. The molecule has 1 saturated carbocycles. The molecule has 0 aliphatic heterocycles. The van der Waals surface area contributed by atoms with Crippen molar-refractivity contribution in [2.45, 2.75) is 44.2 Å². The first-order valence-corrected chi connectivity index (χ1v) is 7.65. The molecule has 2 heteroatoms. The fourth-order valence-electron chi connectivity index (χ4n) is 3.05. The molecule has 0 amide bonds. The Balaban J connectivity index is 1.83. The van der Waals surface area contributed by atoms with Crippen molar-refractivity contribution < 1.29 is 0 Å². The summed E-state index contributed by atoms with van der Waals surface area (Å²) < 4.78 is 0. The first-order valence-electron chi connectivity index (χ1n) is 7.65. The van der Waals surface area contributed by atoms with Crippen molar-refractivity contribution in [3.63, 3.8) is 0 Å². The van der Waals surface area contributed by atoms with Crippen LogP contribution in [0.15, 0.2) is 54.7 Å². The van der Waals surface area contributed by atoms with E-state index in [2.05, 4.69) is 52.8 Å². The van der Waals surface area contributed by atoms with E-state index in [0.717, 1.165) is 5.69 Å². The summed E-state index contributed by atoms with van der Waals surface area (Å²) in [6.45, 7) is 0. The molecule has 0 radical (unpaired) electrons. The molecule has 1 fully saturated rings. The number of pyridine rings is 1. The molecule has 1 aromatic carbocycles. The summed E-state index contributed by atoms with van der Waals surface area (Å²) in [5.41, 5.74) is 2.42. The van der Waals surface area contributed by atoms with Crippen LogP contribution in [0.3, 0.4) is 0 Å². The zero-order chi connectivity index (χ0) is 13.6. The normalized spacial score (nSPS) is 17.8. The van der Waals surface area contributed by atoms with Gasteiger partial charge in [-0.1, -0.05) is 55.7 Å². The first kappa shape index (κ1) is 13.3. The second-order valence-electron chi connectivity index (χ2n) is 5.60. The van der Waals surface area contributed by atoms with Gasteiger partial charge in [-0.3, -0.25) is 4.98 Å². The van der Waals surface area contributed by atoms with Gasteiger partial charge >= 0.3 is 0 Å². The Kier molecular flexibility index (Phi) is 4.44. The molecule has 1 aliphatic rings. The van der Waals surface area contributed by atoms with Crippen LogP contribution < -0.4 is 5.32 Å². The summed E-state index contributed by atoms with van der Waals surface area (Å²) in [5, 5.41) is 3.83. The van der Waals surface area contributed by atoms with E-state index < -0.39 is 0 Å². The van der Waals surface area contributed by atoms with Gasteiger partial charge in [-0.2, -0.15) is 0 Å². The molecule has 104 valence electrons. The van der Waals surface area contributed by atoms with Gasteiger partial charge in [-0.15, -0.1) is 0 Å². The lowest BCUT2D eigenvalue weighted by Crippen LogP contribution is -2.35. The number of hydrogen-bond acceptors (Lipinski definition) is 2. The molecule has 1 N–H and O–H groups in total. The fourth-order valence-corrected chi connectivity index (χ4v) is 3.05. The number of rotatable bonds is 4. The van der Waals surface area contributed by atoms with E-state index in [9.17, 15) is 0 Å². The summed E-state index contributed by atoms with van der Waals surface area (Å²) in [5.74, 6) is 0. The minimum absolute atomic E-state index is 0.209. The largest absolute Gasteiger partial charge is 0.302 e. The van der Waals surface area contributed by atoms with Crippen LogP contribution in [0.2, 0.25) is 0 Å². The molecular formula is C18H22N2. The molecule has 1 atom stereocenters. The van der Waals surface area contributed by atoms with Crippen LogP contribution in [-0.4, -0.2) is 11.0 Å². The van der Waals surface area contributed by atoms with Gasteiger partial charge in [0.15, 0.2) is 0 Å². The molecule has 0 spiro atoms. The Hall–Kier alpha value is -1.67. The van der Waals surface area contributed by atoms with Gasteiger partial charge in [0.1, 0.15) is 0 Å². The first-order chi connectivity index (χ1) is 9.93. The molecule has 2 aromatic rings. The van der Waals surface area contributed by atoms with Crippen molar-refractivity contribution in [3.05, 3.63) is 66.0 Å². The highest BCUT2D eigenvalue weighted by atomic mass is 15.0. The van der Waals surface area contributed by atoms with Gasteiger partial charge in [0.25, 0.3) is 0 Å².